The summed E-state index contributed by atoms with van der Waals surface area (Å²) in [6.45, 7) is 8.35. The van der Waals surface area contributed by atoms with Crippen molar-refractivity contribution in [3.05, 3.63) is 22.8 Å². The topological polar surface area (TPSA) is 57.4 Å². The third kappa shape index (κ3) is 2.40. The summed E-state index contributed by atoms with van der Waals surface area (Å²) in [6.07, 6.45) is 0. The van der Waals surface area contributed by atoms with E-state index in [1.807, 2.05) is 27.7 Å². The number of halogens is 1. The van der Waals surface area contributed by atoms with Gasteiger partial charge in [0.25, 0.3) is 0 Å². The summed E-state index contributed by atoms with van der Waals surface area (Å²) in [5, 5.41) is 0.593. The lowest BCUT2D eigenvalue weighted by atomic mass is 9.84. The van der Waals surface area contributed by atoms with Gasteiger partial charge in [0, 0.05) is 11.6 Å². The van der Waals surface area contributed by atoms with Gasteiger partial charge in [0.05, 0.1) is 22.5 Å². The molecule has 1 aromatic heterocycles. The molecule has 1 fully saturated rings. The highest BCUT2D eigenvalue weighted by Crippen LogP contribution is 2.36. The van der Waals surface area contributed by atoms with Crippen LogP contribution in [0.2, 0.25) is 5.02 Å². The molecule has 1 aliphatic rings. The minimum atomic E-state index is -0.501. The molecule has 18 heavy (non-hydrogen) atoms. The Morgan fingerprint density at radius 2 is 1.78 bits per heavy atom. The third-order valence-corrected chi connectivity index (χ3v) is 3.79. The third-order valence-electron chi connectivity index (χ3n) is 3.57. The van der Waals surface area contributed by atoms with E-state index in [2.05, 4.69) is 4.98 Å². The zero-order valence-corrected chi connectivity index (χ0v) is 11.9. The lowest BCUT2D eigenvalue weighted by Crippen LogP contribution is -2.41. The average Bonchev–Trinajstić information content (AvgIpc) is 2.47. The fourth-order valence-electron chi connectivity index (χ4n) is 1.76. The van der Waals surface area contributed by atoms with E-state index in [-0.39, 0.29) is 11.2 Å². The van der Waals surface area contributed by atoms with Crippen molar-refractivity contribution in [2.24, 2.45) is 5.73 Å². The van der Waals surface area contributed by atoms with Crippen molar-refractivity contribution in [2.45, 2.75) is 45.4 Å². The zero-order valence-electron chi connectivity index (χ0n) is 11.2. The van der Waals surface area contributed by atoms with Crippen molar-refractivity contribution in [1.82, 2.24) is 4.98 Å². The Kier molecular flexibility index (Phi) is 3.45. The molecule has 98 valence electrons. The van der Waals surface area contributed by atoms with Gasteiger partial charge in [-0.25, -0.2) is 0 Å². The lowest BCUT2D eigenvalue weighted by Gasteiger charge is -2.32. The molecule has 6 heteroatoms. The first kappa shape index (κ1) is 13.8. The van der Waals surface area contributed by atoms with Crippen molar-refractivity contribution in [2.75, 3.05) is 0 Å². The molecule has 0 radical (unpaired) electrons. The van der Waals surface area contributed by atoms with E-state index >= 15 is 0 Å². The second kappa shape index (κ2) is 4.49. The van der Waals surface area contributed by atoms with Gasteiger partial charge in [-0.15, -0.1) is 0 Å². The molecule has 0 atom stereocenters. The molecule has 2 N–H and O–H groups in total. The van der Waals surface area contributed by atoms with Gasteiger partial charge < -0.3 is 15.0 Å². The standard InChI is InChI=1S/C12H18BClN2O2/c1-11(2)12(3,4)18-13(17-11)10-6-8(14)5-9(7-15)16-10/h5-6H,7,15H2,1-4H3. The maximum Gasteiger partial charge on any atom is 0.514 e. The molecule has 0 amide bonds. The van der Waals surface area contributed by atoms with E-state index < -0.39 is 7.12 Å². The van der Waals surface area contributed by atoms with Crippen LogP contribution in [0, 0.1) is 0 Å². The first-order valence-corrected chi connectivity index (χ1v) is 6.35. The van der Waals surface area contributed by atoms with Crippen molar-refractivity contribution in [3.63, 3.8) is 0 Å². The van der Waals surface area contributed by atoms with Crippen molar-refractivity contribution in [1.29, 1.82) is 0 Å². The van der Waals surface area contributed by atoms with Crippen LogP contribution in [0.4, 0.5) is 0 Å². The van der Waals surface area contributed by atoms with Gasteiger partial charge in [-0.1, -0.05) is 11.6 Å². The van der Waals surface area contributed by atoms with E-state index in [1.165, 1.54) is 0 Å². The van der Waals surface area contributed by atoms with Crippen LogP contribution in [-0.2, 0) is 15.9 Å². The summed E-state index contributed by atoms with van der Waals surface area (Å²) in [5.74, 6) is 0. The molecule has 0 aromatic carbocycles. The number of hydrogen-bond donors (Lipinski definition) is 1. The number of nitrogens with two attached hydrogens (primary N) is 1. The SMILES string of the molecule is CC1(C)OB(c2cc(Cl)cc(CN)n2)OC1(C)C. The summed E-state index contributed by atoms with van der Waals surface area (Å²) in [7, 11) is -0.501. The van der Waals surface area contributed by atoms with Gasteiger partial charge in [0.2, 0.25) is 0 Å². The largest absolute Gasteiger partial charge is 0.514 e. The van der Waals surface area contributed by atoms with Gasteiger partial charge >= 0.3 is 7.12 Å². The molecule has 1 saturated heterocycles. The maximum atomic E-state index is 6.04. The maximum absolute atomic E-state index is 6.04. The van der Waals surface area contributed by atoms with Crippen LogP contribution < -0.4 is 11.3 Å². The summed E-state index contributed by atoms with van der Waals surface area (Å²) in [4.78, 5) is 4.41. The number of pyridine rings is 1. The molecule has 0 saturated carbocycles. The zero-order chi connectivity index (χ0) is 13.6. The Labute approximate surface area is 113 Å². The monoisotopic (exact) mass is 268 g/mol. The van der Waals surface area contributed by atoms with E-state index in [0.29, 0.717) is 17.2 Å². The van der Waals surface area contributed by atoms with Crippen LogP contribution in [0.1, 0.15) is 33.4 Å². The minimum Gasteiger partial charge on any atom is -0.398 e. The van der Waals surface area contributed by atoms with E-state index in [0.717, 1.165) is 5.69 Å². The average molecular weight is 269 g/mol. The molecule has 2 heterocycles. The van der Waals surface area contributed by atoms with Crippen LogP contribution in [0.25, 0.3) is 0 Å². The Morgan fingerprint density at radius 1 is 1.22 bits per heavy atom. The Bertz CT molecular complexity index is 449. The van der Waals surface area contributed by atoms with Crippen molar-refractivity contribution < 1.29 is 9.31 Å². The van der Waals surface area contributed by atoms with Gasteiger partial charge in [-0.05, 0) is 39.8 Å². The lowest BCUT2D eigenvalue weighted by molar-refractivity contribution is 0.00578. The van der Waals surface area contributed by atoms with Gasteiger partial charge in [-0.2, -0.15) is 0 Å². The highest BCUT2D eigenvalue weighted by atomic mass is 35.5. The second-order valence-electron chi connectivity index (χ2n) is 5.49. The fourth-order valence-corrected chi connectivity index (χ4v) is 2.00. The Hall–Kier alpha value is -0.615. The molecule has 1 aromatic rings. The molecule has 1 aliphatic heterocycles. The number of hydrogen-bond acceptors (Lipinski definition) is 4. The quantitative estimate of drug-likeness (QED) is 0.826. The first-order chi connectivity index (χ1) is 8.25. The van der Waals surface area contributed by atoms with Crippen molar-refractivity contribution >= 4 is 24.3 Å². The molecule has 0 aliphatic carbocycles. The fraction of sp³-hybridized carbons (Fsp3) is 0.583. The number of rotatable bonds is 2. The van der Waals surface area contributed by atoms with E-state index in [9.17, 15) is 0 Å². The highest BCUT2D eigenvalue weighted by molar-refractivity contribution is 6.61. The van der Waals surface area contributed by atoms with Crippen LogP contribution >= 0.6 is 11.6 Å². The highest BCUT2D eigenvalue weighted by Gasteiger charge is 2.52. The summed E-state index contributed by atoms with van der Waals surface area (Å²) in [5.41, 5.74) is 6.22. The Morgan fingerprint density at radius 3 is 2.28 bits per heavy atom. The first-order valence-electron chi connectivity index (χ1n) is 5.97. The summed E-state index contributed by atoms with van der Waals surface area (Å²) < 4.78 is 11.8. The smallest absolute Gasteiger partial charge is 0.398 e. The van der Waals surface area contributed by atoms with Crippen LogP contribution in [0.15, 0.2) is 12.1 Å². The molecular weight excluding hydrogens is 250 g/mol. The van der Waals surface area contributed by atoms with Gasteiger partial charge in [0.1, 0.15) is 0 Å². The molecule has 0 unspecified atom stereocenters. The molecule has 2 rings (SSSR count). The van der Waals surface area contributed by atoms with E-state index in [1.54, 1.807) is 12.1 Å². The van der Waals surface area contributed by atoms with E-state index in [4.69, 9.17) is 26.6 Å². The van der Waals surface area contributed by atoms with Crippen LogP contribution in [-0.4, -0.2) is 23.3 Å². The van der Waals surface area contributed by atoms with Crippen LogP contribution in [0.3, 0.4) is 0 Å². The minimum absolute atomic E-state index is 0.340. The molecule has 0 spiro atoms. The summed E-state index contributed by atoms with van der Waals surface area (Å²) in [6, 6.07) is 3.50. The molecule has 0 bridgehead atoms. The number of aromatic nitrogens is 1. The molecular formula is C12H18BClN2O2. The second-order valence-corrected chi connectivity index (χ2v) is 5.93. The van der Waals surface area contributed by atoms with Crippen LogP contribution in [0.5, 0.6) is 0 Å². The predicted molar refractivity (Wildman–Crippen MR) is 72.9 cm³/mol. The summed E-state index contributed by atoms with van der Waals surface area (Å²) >= 11 is 6.04. The van der Waals surface area contributed by atoms with Gasteiger partial charge in [0.15, 0.2) is 0 Å². The predicted octanol–water partition coefficient (Wildman–Crippen LogP) is 1.49. The normalized spacial score (nSPS) is 21.3. The van der Waals surface area contributed by atoms with Crippen molar-refractivity contribution in [3.8, 4) is 0 Å². The Balaban J connectivity index is 2.32. The van der Waals surface area contributed by atoms with Gasteiger partial charge in [-0.3, -0.25) is 4.98 Å². The number of nitrogens with zero attached hydrogens (tertiary/aromatic N) is 1. The molecule has 4 nitrogen and oxygen atoms in total.